The van der Waals surface area contributed by atoms with Crippen molar-refractivity contribution in [3.63, 3.8) is 0 Å². The summed E-state index contributed by atoms with van der Waals surface area (Å²) in [7, 11) is 0. The normalized spacial score (nSPS) is 12.3. The number of rotatable bonds is 7. The van der Waals surface area contributed by atoms with Crippen molar-refractivity contribution in [1.29, 1.82) is 0 Å². The van der Waals surface area contributed by atoms with Crippen LogP contribution in [0.3, 0.4) is 0 Å². The number of carbonyl (C=O) groups is 2. The largest absolute Gasteiger partial charge is 0.508 e. The summed E-state index contributed by atoms with van der Waals surface area (Å²) in [6.45, 7) is 0.191. The highest BCUT2D eigenvalue weighted by molar-refractivity contribution is 5.85. The van der Waals surface area contributed by atoms with E-state index in [9.17, 15) is 24.6 Å². The molecule has 5 N–H and O–H groups in total. The number of H-pyrrole nitrogens is 2. The average molecular weight is 410 g/mol. The molecular formula is C19H18N6O5. The zero-order valence-corrected chi connectivity index (χ0v) is 15.6. The number of carboxylic acids is 1. The molecule has 1 amide bonds. The van der Waals surface area contributed by atoms with Crippen LogP contribution in [-0.4, -0.2) is 52.6 Å². The van der Waals surface area contributed by atoms with Crippen molar-refractivity contribution in [3.05, 3.63) is 53.0 Å². The molecular weight excluding hydrogens is 392 g/mol. The van der Waals surface area contributed by atoms with Gasteiger partial charge < -0.3 is 30.1 Å². The number of nitrogens with zero attached hydrogens (tertiary/aromatic N) is 3. The standard InChI is InChI=1S/C19H18N6O5/c26-12-1-2-13-10(6-12)5-11(23-13)7-14(19(29)30)24-15(27)3-4-25-9-22-16-17(25)20-8-21-18(16)28/h1-2,5-6,8-9,14,23,26H,3-4,7H2,(H,24,27)(H,29,30)(H,20,21,28). The second kappa shape index (κ2) is 7.70. The fraction of sp³-hybridized carbons (Fsp3) is 0.211. The van der Waals surface area contributed by atoms with Crippen LogP contribution in [-0.2, 0) is 22.6 Å². The third-order valence-electron chi connectivity index (χ3n) is 4.70. The number of phenols is 1. The maximum Gasteiger partial charge on any atom is 0.326 e. The summed E-state index contributed by atoms with van der Waals surface area (Å²) in [4.78, 5) is 49.2. The maximum absolute atomic E-state index is 12.3. The lowest BCUT2D eigenvalue weighted by atomic mass is 10.1. The van der Waals surface area contributed by atoms with E-state index in [0.717, 1.165) is 10.9 Å². The molecule has 4 aromatic rings. The van der Waals surface area contributed by atoms with E-state index in [2.05, 4.69) is 25.3 Å². The van der Waals surface area contributed by atoms with E-state index in [4.69, 9.17) is 0 Å². The number of aryl methyl sites for hydroxylation is 1. The number of imidazole rings is 1. The van der Waals surface area contributed by atoms with Crippen LogP contribution < -0.4 is 10.9 Å². The summed E-state index contributed by atoms with van der Waals surface area (Å²) >= 11 is 0. The highest BCUT2D eigenvalue weighted by Gasteiger charge is 2.21. The summed E-state index contributed by atoms with van der Waals surface area (Å²) in [5.41, 5.74) is 1.52. The lowest BCUT2D eigenvalue weighted by Gasteiger charge is -2.14. The first-order valence-corrected chi connectivity index (χ1v) is 9.12. The Kier molecular flexibility index (Phi) is 4.92. The molecule has 0 fully saturated rings. The Morgan fingerprint density at radius 2 is 2.07 bits per heavy atom. The van der Waals surface area contributed by atoms with Crippen molar-refractivity contribution < 1.29 is 19.8 Å². The summed E-state index contributed by atoms with van der Waals surface area (Å²) < 4.78 is 1.56. The monoisotopic (exact) mass is 410 g/mol. The molecule has 154 valence electrons. The zero-order valence-electron chi connectivity index (χ0n) is 15.6. The van der Waals surface area contributed by atoms with Crippen LogP contribution in [0.5, 0.6) is 5.75 Å². The van der Waals surface area contributed by atoms with Crippen LogP contribution in [0.15, 0.2) is 41.7 Å². The predicted octanol–water partition coefficient (Wildman–Crippen LogP) is 0.509. The van der Waals surface area contributed by atoms with Gasteiger partial charge in [0.05, 0.1) is 12.7 Å². The Morgan fingerprint density at radius 1 is 1.23 bits per heavy atom. The quantitative estimate of drug-likeness (QED) is 0.296. The molecule has 0 saturated heterocycles. The van der Waals surface area contributed by atoms with E-state index in [0.29, 0.717) is 11.3 Å². The molecule has 11 nitrogen and oxygen atoms in total. The number of aromatic hydroxyl groups is 1. The van der Waals surface area contributed by atoms with Crippen molar-refractivity contribution >= 4 is 33.9 Å². The second-order valence-electron chi connectivity index (χ2n) is 6.82. The van der Waals surface area contributed by atoms with E-state index in [1.54, 1.807) is 22.8 Å². The smallest absolute Gasteiger partial charge is 0.326 e. The number of amides is 1. The lowest BCUT2D eigenvalue weighted by molar-refractivity contribution is -0.141. The van der Waals surface area contributed by atoms with Crippen molar-refractivity contribution in [2.75, 3.05) is 0 Å². The van der Waals surface area contributed by atoms with Gasteiger partial charge in [0.1, 0.15) is 11.8 Å². The van der Waals surface area contributed by atoms with Gasteiger partial charge in [-0.2, -0.15) is 0 Å². The Morgan fingerprint density at radius 3 is 2.87 bits per heavy atom. The first kappa shape index (κ1) is 19.2. The van der Waals surface area contributed by atoms with Crippen molar-refractivity contribution in [1.82, 2.24) is 29.8 Å². The van der Waals surface area contributed by atoms with Crippen LogP contribution in [0.4, 0.5) is 0 Å². The Labute approximate surface area is 168 Å². The molecule has 1 aromatic carbocycles. The Hall–Kier alpha value is -4.15. The summed E-state index contributed by atoms with van der Waals surface area (Å²) in [5, 5.41) is 22.3. The molecule has 0 aliphatic heterocycles. The van der Waals surface area contributed by atoms with E-state index < -0.39 is 17.9 Å². The first-order chi connectivity index (χ1) is 14.4. The minimum atomic E-state index is -1.16. The first-order valence-electron chi connectivity index (χ1n) is 9.12. The molecule has 0 aliphatic carbocycles. The highest BCUT2D eigenvalue weighted by atomic mass is 16.4. The minimum absolute atomic E-state index is 0.00963. The fourth-order valence-electron chi connectivity index (χ4n) is 3.25. The maximum atomic E-state index is 12.3. The SMILES string of the molecule is O=C(CCn1cnc2c(=O)[nH]cnc21)NC(Cc1cc2cc(O)ccc2[nH]1)C(=O)O. The number of aromatic amines is 2. The topological polar surface area (TPSA) is 166 Å². The van der Waals surface area contributed by atoms with Crippen LogP contribution in [0.25, 0.3) is 22.1 Å². The number of carboxylic acid groups (broad SMARTS) is 1. The number of nitrogens with one attached hydrogen (secondary N) is 3. The minimum Gasteiger partial charge on any atom is -0.508 e. The molecule has 4 rings (SSSR count). The molecule has 1 atom stereocenters. The van der Waals surface area contributed by atoms with Crippen LogP contribution in [0, 0.1) is 0 Å². The van der Waals surface area contributed by atoms with Gasteiger partial charge in [-0.05, 0) is 24.3 Å². The third kappa shape index (κ3) is 3.85. The van der Waals surface area contributed by atoms with E-state index in [-0.39, 0.29) is 36.2 Å². The summed E-state index contributed by atoms with van der Waals surface area (Å²) in [5.74, 6) is -1.51. The molecule has 3 heterocycles. The number of hydrogen-bond donors (Lipinski definition) is 5. The van der Waals surface area contributed by atoms with Crippen LogP contribution >= 0.6 is 0 Å². The highest BCUT2D eigenvalue weighted by Crippen LogP contribution is 2.21. The number of benzene rings is 1. The van der Waals surface area contributed by atoms with Gasteiger partial charge in [0.2, 0.25) is 5.91 Å². The third-order valence-corrected chi connectivity index (χ3v) is 4.70. The number of hydrogen-bond acceptors (Lipinski definition) is 6. The van der Waals surface area contributed by atoms with Gasteiger partial charge in [0.15, 0.2) is 11.2 Å². The zero-order chi connectivity index (χ0) is 21.3. The van der Waals surface area contributed by atoms with Gasteiger partial charge in [-0.3, -0.25) is 9.59 Å². The van der Waals surface area contributed by atoms with Gasteiger partial charge in [-0.25, -0.2) is 14.8 Å². The van der Waals surface area contributed by atoms with Crippen molar-refractivity contribution in [3.8, 4) is 5.75 Å². The van der Waals surface area contributed by atoms with Gasteiger partial charge in [-0.1, -0.05) is 0 Å². The van der Waals surface area contributed by atoms with Crippen molar-refractivity contribution in [2.45, 2.75) is 25.4 Å². The molecule has 0 aliphatic rings. The van der Waals surface area contributed by atoms with E-state index >= 15 is 0 Å². The molecule has 1 unspecified atom stereocenters. The number of aromatic nitrogens is 5. The average Bonchev–Trinajstić information content (AvgIpc) is 3.29. The molecule has 3 aromatic heterocycles. The van der Waals surface area contributed by atoms with Gasteiger partial charge >= 0.3 is 5.97 Å². The molecule has 30 heavy (non-hydrogen) atoms. The fourth-order valence-corrected chi connectivity index (χ4v) is 3.25. The van der Waals surface area contributed by atoms with Crippen LogP contribution in [0.2, 0.25) is 0 Å². The van der Waals surface area contributed by atoms with E-state index in [1.165, 1.54) is 18.7 Å². The van der Waals surface area contributed by atoms with E-state index in [1.807, 2.05) is 0 Å². The molecule has 0 spiro atoms. The molecule has 0 bridgehead atoms. The summed E-state index contributed by atoms with van der Waals surface area (Å²) in [6.07, 6.45) is 2.71. The van der Waals surface area contributed by atoms with Gasteiger partial charge in [-0.15, -0.1) is 0 Å². The Balaban J connectivity index is 1.42. The number of aliphatic carboxylic acids is 1. The lowest BCUT2D eigenvalue weighted by Crippen LogP contribution is -2.42. The van der Waals surface area contributed by atoms with Crippen LogP contribution in [0.1, 0.15) is 12.1 Å². The number of carbonyl (C=O) groups excluding carboxylic acids is 1. The summed E-state index contributed by atoms with van der Waals surface area (Å²) in [6, 6.07) is 5.40. The second-order valence-corrected chi connectivity index (χ2v) is 6.82. The number of fused-ring (bicyclic) bond motifs is 2. The number of phenolic OH excluding ortho intramolecular Hbond substituents is 1. The van der Waals surface area contributed by atoms with Gasteiger partial charge in [0.25, 0.3) is 5.56 Å². The molecule has 0 radical (unpaired) electrons. The molecule has 0 saturated carbocycles. The predicted molar refractivity (Wildman–Crippen MR) is 106 cm³/mol. The Bertz CT molecular complexity index is 1300. The molecule has 11 heteroatoms. The van der Waals surface area contributed by atoms with Gasteiger partial charge in [0, 0.05) is 36.0 Å². The van der Waals surface area contributed by atoms with Crippen molar-refractivity contribution in [2.24, 2.45) is 0 Å².